The maximum Gasteiger partial charge on any atom is 0.338 e. The van der Waals surface area contributed by atoms with Crippen LogP contribution < -0.4 is 29.1 Å². The molecule has 1 aliphatic heterocycles. The molecule has 4 rings (SSSR count). The lowest BCUT2D eigenvalue weighted by molar-refractivity contribution is -0.139. The third-order valence-electron chi connectivity index (χ3n) is 5.79. The normalized spacial score (nSPS) is 15.2. The topological polar surface area (TPSA) is 88.4 Å². The Morgan fingerprint density at radius 1 is 1.08 bits per heavy atom. The monoisotopic (exact) mass is 542 g/mol. The molecule has 0 amide bonds. The molecule has 3 aromatic rings. The second-order valence-electron chi connectivity index (χ2n) is 8.04. The number of methoxy groups -OCH3 is 2. The third kappa shape index (κ3) is 5.14. The standard InChI is InChI=1S/C27H27ClN2O6S/c1-6-35-21-14-17(9-11-20(21)34-5)24-23(26(32)36-7-2)15(3)29-27-30(24)25(31)22(37-27)13-16-8-10-19(33-4)18(28)12-16/h8-14,24H,6-7H2,1-5H3/b22-13+/t24-/m0/s1. The molecule has 10 heteroatoms. The zero-order valence-corrected chi connectivity index (χ0v) is 22.7. The molecule has 194 valence electrons. The van der Waals surface area contributed by atoms with Crippen LogP contribution in [0.2, 0.25) is 5.02 Å². The molecular weight excluding hydrogens is 516 g/mol. The molecule has 0 bridgehead atoms. The number of hydrogen-bond donors (Lipinski definition) is 0. The molecule has 8 nitrogen and oxygen atoms in total. The number of fused-ring (bicyclic) bond motifs is 1. The maximum absolute atomic E-state index is 13.8. The Morgan fingerprint density at radius 3 is 2.46 bits per heavy atom. The maximum atomic E-state index is 13.8. The molecule has 1 aromatic heterocycles. The third-order valence-corrected chi connectivity index (χ3v) is 7.07. The highest BCUT2D eigenvalue weighted by atomic mass is 35.5. The van der Waals surface area contributed by atoms with Gasteiger partial charge in [0, 0.05) is 0 Å². The number of thiazole rings is 1. The summed E-state index contributed by atoms with van der Waals surface area (Å²) in [6, 6.07) is 9.87. The summed E-state index contributed by atoms with van der Waals surface area (Å²) in [7, 11) is 3.10. The van der Waals surface area contributed by atoms with Gasteiger partial charge in [-0.25, -0.2) is 9.79 Å². The molecule has 0 spiro atoms. The molecule has 0 fully saturated rings. The molecule has 37 heavy (non-hydrogen) atoms. The summed E-state index contributed by atoms with van der Waals surface area (Å²) < 4.78 is 23.7. The molecular formula is C27H27ClN2O6S. The minimum absolute atomic E-state index is 0.192. The van der Waals surface area contributed by atoms with E-state index in [0.29, 0.717) is 55.0 Å². The fraction of sp³-hybridized carbons (Fsp3) is 0.296. The molecule has 0 saturated carbocycles. The lowest BCUT2D eigenvalue weighted by atomic mass is 9.95. The molecule has 1 atom stereocenters. The number of hydrogen-bond acceptors (Lipinski definition) is 8. The average molecular weight is 543 g/mol. The summed E-state index contributed by atoms with van der Waals surface area (Å²) in [5.74, 6) is 1.07. The van der Waals surface area contributed by atoms with E-state index >= 15 is 0 Å². The minimum atomic E-state index is -0.762. The lowest BCUT2D eigenvalue weighted by Gasteiger charge is -2.25. The fourth-order valence-electron chi connectivity index (χ4n) is 4.16. The van der Waals surface area contributed by atoms with Gasteiger partial charge in [-0.05, 0) is 62.2 Å². The van der Waals surface area contributed by atoms with Crippen LogP contribution in [0.15, 0.2) is 57.5 Å². The van der Waals surface area contributed by atoms with E-state index < -0.39 is 12.0 Å². The van der Waals surface area contributed by atoms with Crippen molar-refractivity contribution in [3.05, 3.63) is 83.5 Å². The van der Waals surface area contributed by atoms with Crippen LogP contribution in [0.1, 0.15) is 37.9 Å². The van der Waals surface area contributed by atoms with Crippen LogP contribution in [0.25, 0.3) is 6.08 Å². The first-order valence-corrected chi connectivity index (χ1v) is 12.9. The molecule has 2 aromatic carbocycles. The quantitative estimate of drug-likeness (QED) is 0.402. The predicted octanol–water partition coefficient (Wildman–Crippen LogP) is 3.87. The van der Waals surface area contributed by atoms with Crippen LogP contribution in [0.4, 0.5) is 0 Å². The molecule has 1 aliphatic rings. The molecule has 0 unspecified atom stereocenters. The Balaban J connectivity index is 1.94. The first-order chi connectivity index (χ1) is 17.8. The van der Waals surface area contributed by atoms with Gasteiger partial charge in [0.25, 0.3) is 5.56 Å². The van der Waals surface area contributed by atoms with Gasteiger partial charge in [0.2, 0.25) is 0 Å². The number of rotatable bonds is 8. The zero-order chi connectivity index (χ0) is 26.7. The summed E-state index contributed by atoms with van der Waals surface area (Å²) in [4.78, 5) is 31.9. The van der Waals surface area contributed by atoms with Gasteiger partial charge in [0.1, 0.15) is 5.75 Å². The van der Waals surface area contributed by atoms with E-state index in [1.165, 1.54) is 15.9 Å². The number of nitrogens with zero attached hydrogens (tertiary/aromatic N) is 2. The van der Waals surface area contributed by atoms with E-state index in [2.05, 4.69) is 4.99 Å². The van der Waals surface area contributed by atoms with Gasteiger partial charge in [-0.3, -0.25) is 9.36 Å². The van der Waals surface area contributed by atoms with E-state index in [-0.39, 0.29) is 12.2 Å². The highest BCUT2D eigenvalue weighted by Gasteiger charge is 2.34. The fourth-order valence-corrected chi connectivity index (χ4v) is 5.48. The lowest BCUT2D eigenvalue weighted by Crippen LogP contribution is -2.40. The smallest absolute Gasteiger partial charge is 0.338 e. The Hall–Kier alpha value is -3.56. The molecule has 0 radical (unpaired) electrons. The molecule has 0 aliphatic carbocycles. The van der Waals surface area contributed by atoms with E-state index in [0.717, 1.165) is 5.56 Å². The van der Waals surface area contributed by atoms with Crippen molar-refractivity contribution in [2.75, 3.05) is 27.4 Å². The van der Waals surface area contributed by atoms with E-state index in [1.54, 1.807) is 58.4 Å². The highest BCUT2D eigenvalue weighted by Crippen LogP contribution is 2.36. The van der Waals surface area contributed by atoms with Crippen LogP contribution in [0.3, 0.4) is 0 Å². The first kappa shape index (κ1) is 26.5. The Kier molecular flexibility index (Phi) is 8.04. The summed E-state index contributed by atoms with van der Waals surface area (Å²) in [6.07, 6.45) is 1.75. The number of esters is 1. The second kappa shape index (κ2) is 11.2. The van der Waals surface area contributed by atoms with Gasteiger partial charge in [-0.1, -0.05) is 35.1 Å². The number of benzene rings is 2. The van der Waals surface area contributed by atoms with Crippen molar-refractivity contribution in [1.82, 2.24) is 4.57 Å². The number of halogens is 1. The Labute approximate surface area is 223 Å². The summed E-state index contributed by atoms with van der Waals surface area (Å²) in [6.45, 7) is 5.96. The van der Waals surface area contributed by atoms with Gasteiger partial charge in [-0.2, -0.15) is 0 Å². The van der Waals surface area contributed by atoms with Gasteiger partial charge < -0.3 is 18.9 Å². The van der Waals surface area contributed by atoms with Crippen LogP contribution >= 0.6 is 22.9 Å². The van der Waals surface area contributed by atoms with Gasteiger partial charge in [0.15, 0.2) is 16.3 Å². The second-order valence-corrected chi connectivity index (χ2v) is 9.46. The van der Waals surface area contributed by atoms with Crippen molar-refractivity contribution < 1.29 is 23.7 Å². The Morgan fingerprint density at radius 2 is 1.81 bits per heavy atom. The van der Waals surface area contributed by atoms with Crippen LogP contribution in [0, 0.1) is 0 Å². The van der Waals surface area contributed by atoms with Crippen LogP contribution in [0.5, 0.6) is 17.2 Å². The summed E-state index contributed by atoms with van der Waals surface area (Å²) in [5.41, 5.74) is 1.89. The van der Waals surface area contributed by atoms with Crippen LogP contribution in [-0.4, -0.2) is 38.0 Å². The van der Waals surface area contributed by atoms with Crippen LogP contribution in [-0.2, 0) is 9.53 Å². The first-order valence-electron chi connectivity index (χ1n) is 11.7. The van der Waals surface area contributed by atoms with Crippen molar-refractivity contribution in [2.24, 2.45) is 4.99 Å². The molecule has 2 heterocycles. The summed E-state index contributed by atoms with van der Waals surface area (Å²) >= 11 is 7.52. The number of carbonyl (C=O) groups is 1. The van der Waals surface area contributed by atoms with Crippen molar-refractivity contribution in [3.63, 3.8) is 0 Å². The van der Waals surface area contributed by atoms with E-state index in [4.69, 9.17) is 30.5 Å². The van der Waals surface area contributed by atoms with E-state index in [1.807, 2.05) is 19.1 Å². The minimum Gasteiger partial charge on any atom is -0.495 e. The van der Waals surface area contributed by atoms with Crippen molar-refractivity contribution in [3.8, 4) is 17.2 Å². The molecule has 0 N–H and O–H groups in total. The number of ether oxygens (including phenoxy) is 4. The van der Waals surface area contributed by atoms with Gasteiger partial charge >= 0.3 is 5.97 Å². The largest absolute Gasteiger partial charge is 0.495 e. The average Bonchev–Trinajstić information content (AvgIpc) is 3.17. The van der Waals surface area contributed by atoms with E-state index in [9.17, 15) is 9.59 Å². The zero-order valence-electron chi connectivity index (χ0n) is 21.2. The summed E-state index contributed by atoms with van der Waals surface area (Å²) in [5, 5.41) is 0.434. The van der Waals surface area contributed by atoms with Gasteiger partial charge in [0.05, 0.1) is 54.3 Å². The molecule has 0 saturated heterocycles. The van der Waals surface area contributed by atoms with Crippen molar-refractivity contribution >= 4 is 35.0 Å². The van der Waals surface area contributed by atoms with Crippen molar-refractivity contribution in [1.29, 1.82) is 0 Å². The van der Waals surface area contributed by atoms with Gasteiger partial charge in [-0.15, -0.1) is 0 Å². The number of allylic oxidation sites excluding steroid dienone is 1. The Bertz CT molecular complexity index is 1560. The highest BCUT2D eigenvalue weighted by molar-refractivity contribution is 7.07. The van der Waals surface area contributed by atoms with Crippen molar-refractivity contribution in [2.45, 2.75) is 26.8 Å². The number of aromatic nitrogens is 1. The SMILES string of the molecule is CCOC(=O)C1=C(C)N=c2s/c(=C/c3ccc(OC)c(Cl)c3)c(=O)n2[C@H]1c1ccc(OC)c(OCC)c1. The number of carbonyl (C=O) groups excluding carboxylic acids is 1. The predicted molar refractivity (Wildman–Crippen MR) is 143 cm³/mol.